The first-order chi connectivity index (χ1) is 17.3. The Hall–Kier alpha value is -4.39. The van der Waals surface area contributed by atoms with Crippen molar-refractivity contribution in [2.24, 2.45) is 0 Å². The molecular weight excluding hydrogens is 458 g/mol. The number of carbonyl (C=O) groups excluding carboxylic acids is 2. The second-order valence-electron chi connectivity index (χ2n) is 8.73. The highest BCUT2D eigenvalue weighted by Gasteiger charge is 2.43. The number of amides is 1. The van der Waals surface area contributed by atoms with Crippen LogP contribution in [0.1, 0.15) is 56.1 Å². The predicted octanol–water partition coefficient (Wildman–Crippen LogP) is 5.34. The van der Waals surface area contributed by atoms with E-state index in [2.05, 4.69) is 0 Å². The number of esters is 1. The molecule has 3 aromatic carbocycles. The summed E-state index contributed by atoms with van der Waals surface area (Å²) in [6.45, 7) is 5.87. The van der Waals surface area contributed by atoms with Crippen molar-refractivity contribution in [3.63, 3.8) is 0 Å². The standard InChI is InChI=1S/C29H25NO6/c1-5-35-29(33)18-9-11-20(12-10-18)30-25(19-7-6-8-21(15-19)34-4)24-26(31)22-13-16(2)17(3)14-23(22)36-27(24)28(30)32/h6-15,25H,5H2,1-4H3. The fraction of sp³-hybridized carbons (Fsp3) is 0.207. The second-order valence-corrected chi connectivity index (χ2v) is 8.73. The minimum atomic E-state index is -0.738. The number of benzene rings is 3. The molecule has 0 fully saturated rings. The third kappa shape index (κ3) is 3.73. The first kappa shape index (κ1) is 23.4. The number of nitrogens with zero attached hydrogens (tertiary/aromatic N) is 1. The van der Waals surface area contributed by atoms with Crippen molar-refractivity contribution in [3.05, 3.63) is 104 Å². The zero-order valence-corrected chi connectivity index (χ0v) is 20.5. The van der Waals surface area contributed by atoms with E-state index in [1.165, 1.54) is 4.90 Å². The number of ether oxygens (including phenoxy) is 2. The molecule has 5 rings (SSSR count). The van der Waals surface area contributed by atoms with Gasteiger partial charge in [0.1, 0.15) is 11.3 Å². The molecule has 0 saturated heterocycles. The van der Waals surface area contributed by atoms with Crippen LogP contribution in [0.4, 0.5) is 5.69 Å². The van der Waals surface area contributed by atoms with Gasteiger partial charge in [0.25, 0.3) is 5.91 Å². The van der Waals surface area contributed by atoms with Crippen molar-refractivity contribution in [1.29, 1.82) is 0 Å². The van der Waals surface area contributed by atoms with Gasteiger partial charge >= 0.3 is 5.97 Å². The Balaban J connectivity index is 1.73. The summed E-state index contributed by atoms with van der Waals surface area (Å²) in [6, 6.07) is 16.7. The van der Waals surface area contributed by atoms with Gasteiger partial charge in [0.2, 0.25) is 5.76 Å². The summed E-state index contributed by atoms with van der Waals surface area (Å²) in [4.78, 5) is 41.3. The van der Waals surface area contributed by atoms with Crippen molar-refractivity contribution in [3.8, 4) is 5.75 Å². The SMILES string of the molecule is CCOC(=O)c1ccc(N2C(=O)c3oc4cc(C)c(C)cc4c(=O)c3C2c2cccc(OC)c2)cc1. The maximum atomic E-state index is 13.8. The molecular formula is C29H25NO6. The zero-order valence-electron chi connectivity index (χ0n) is 20.5. The Morgan fingerprint density at radius 2 is 1.72 bits per heavy atom. The van der Waals surface area contributed by atoms with Crippen LogP contribution in [-0.2, 0) is 4.74 Å². The number of fused-ring (bicyclic) bond motifs is 2. The monoisotopic (exact) mass is 483 g/mol. The molecule has 1 aliphatic heterocycles. The molecule has 7 nitrogen and oxygen atoms in total. The summed E-state index contributed by atoms with van der Waals surface area (Å²) in [5, 5.41) is 0.428. The van der Waals surface area contributed by atoms with Crippen molar-refractivity contribution in [2.75, 3.05) is 18.6 Å². The van der Waals surface area contributed by atoms with Gasteiger partial charge in [0, 0.05) is 5.69 Å². The molecule has 0 radical (unpaired) electrons. The van der Waals surface area contributed by atoms with E-state index in [4.69, 9.17) is 13.9 Å². The molecule has 1 amide bonds. The topological polar surface area (TPSA) is 86.0 Å². The minimum absolute atomic E-state index is 0.0121. The quantitative estimate of drug-likeness (QED) is 0.356. The molecule has 0 saturated carbocycles. The van der Waals surface area contributed by atoms with Crippen molar-refractivity contribution < 1.29 is 23.5 Å². The molecule has 1 aliphatic rings. The maximum absolute atomic E-state index is 13.8. The van der Waals surface area contributed by atoms with E-state index in [9.17, 15) is 14.4 Å². The summed E-state index contributed by atoms with van der Waals surface area (Å²) in [7, 11) is 1.56. The zero-order chi connectivity index (χ0) is 25.6. The van der Waals surface area contributed by atoms with Crippen LogP contribution in [-0.4, -0.2) is 25.6 Å². The summed E-state index contributed by atoms with van der Waals surface area (Å²) in [6.07, 6.45) is 0. The molecule has 0 spiro atoms. The predicted molar refractivity (Wildman–Crippen MR) is 136 cm³/mol. The average Bonchev–Trinajstić information content (AvgIpc) is 3.18. The van der Waals surface area contributed by atoms with Crippen LogP contribution in [0.15, 0.2) is 69.9 Å². The van der Waals surface area contributed by atoms with Gasteiger partial charge in [-0.3, -0.25) is 14.5 Å². The fourth-order valence-corrected chi connectivity index (χ4v) is 4.59. The van der Waals surface area contributed by atoms with Gasteiger partial charge in [0.05, 0.1) is 36.3 Å². The largest absolute Gasteiger partial charge is 0.497 e. The lowest BCUT2D eigenvalue weighted by Crippen LogP contribution is -2.29. The number of aryl methyl sites for hydroxylation is 2. The van der Waals surface area contributed by atoms with Gasteiger partial charge in [-0.15, -0.1) is 0 Å². The van der Waals surface area contributed by atoms with Crippen LogP contribution in [0.3, 0.4) is 0 Å². The molecule has 2 heterocycles. The number of hydrogen-bond donors (Lipinski definition) is 0. The molecule has 4 aromatic rings. The molecule has 0 N–H and O–H groups in total. The fourth-order valence-electron chi connectivity index (χ4n) is 4.59. The van der Waals surface area contributed by atoms with Gasteiger partial charge in [-0.1, -0.05) is 12.1 Å². The molecule has 182 valence electrons. The Labute approximate surface area is 207 Å². The van der Waals surface area contributed by atoms with Gasteiger partial charge < -0.3 is 13.9 Å². The lowest BCUT2D eigenvalue weighted by Gasteiger charge is -2.25. The van der Waals surface area contributed by atoms with Gasteiger partial charge in [0.15, 0.2) is 5.43 Å². The van der Waals surface area contributed by atoms with Gasteiger partial charge in [-0.25, -0.2) is 4.79 Å². The third-order valence-electron chi connectivity index (χ3n) is 6.55. The van der Waals surface area contributed by atoms with E-state index >= 15 is 0 Å². The number of hydrogen-bond acceptors (Lipinski definition) is 6. The number of anilines is 1. The highest BCUT2D eigenvalue weighted by molar-refractivity contribution is 6.11. The molecule has 1 aromatic heterocycles. The Morgan fingerprint density at radius 1 is 1.00 bits per heavy atom. The normalized spacial score (nSPS) is 14.7. The molecule has 7 heteroatoms. The first-order valence-electron chi connectivity index (χ1n) is 11.7. The number of methoxy groups -OCH3 is 1. The van der Waals surface area contributed by atoms with Gasteiger partial charge in [-0.05, 0) is 86.0 Å². The highest BCUT2D eigenvalue weighted by atomic mass is 16.5. The van der Waals surface area contributed by atoms with Crippen LogP contribution in [0.2, 0.25) is 0 Å². The van der Waals surface area contributed by atoms with Crippen molar-refractivity contribution in [2.45, 2.75) is 26.8 Å². The number of rotatable bonds is 5. The first-order valence-corrected chi connectivity index (χ1v) is 11.7. The maximum Gasteiger partial charge on any atom is 0.338 e. The smallest absolute Gasteiger partial charge is 0.338 e. The summed E-state index contributed by atoms with van der Waals surface area (Å²) < 4.78 is 16.6. The second kappa shape index (κ2) is 9.00. The number of carbonyl (C=O) groups is 2. The average molecular weight is 484 g/mol. The molecule has 0 bridgehead atoms. The summed E-state index contributed by atoms with van der Waals surface area (Å²) >= 11 is 0. The van der Waals surface area contributed by atoms with E-state index in [0.29, 0.717) is 33.5 Å². The van der Waals surface area contributed by atoms with E-state index in [0.717, 1.165) is 11.1 Å². The molecule has 1 unspecified atom stereocenters. The highest BCUT2D eigenvalue weighted by Crippen LogP contribution is 2.42. The lowest BCUT2D eigenvalue weighted by molar-refractivity contribution is 0.0526. The molecule has 36 heavy (non-hydrogen) atoms. The Morgan fingerprint density at radius 3 is 2.42 bits per heavy atom. The van der Waals surface area contributed by atoms with Crippen molar-refractivity contribution >= 4 is 28.5 Å². The Kier molecular flexibility index (Phi) is 5.84. The van der Waals surface area contributed by atoms with Crippen LogP contribution in [0.5, 0.6) is 5.75 Å². The van der Waals surface area contributed by atoms with E-state index in [1.807, 2.05) is 26.0 Å². The van der Waals surface area contributed by atoms with Crippen LogP contribution < -0.4 is 15.1 Å². The van der Waals surface area contributed by atoms with Crippen molar-refractivity contribution in [1.82, 2.24) is 0 Å². The minimum Gasteiger partial charge on any atom is -0.497 e. The summed E-state index contributed by atoms with van der Waals surface area (Å²) in [5.41, 5.74) is 3.91. The van der Waals surface area contributed by atoms with Crippen LogP contribution in [0.25, 0.3) is 11.0 Å². The molecule has 1 atom stereocenters. The Bertz CT molecular complexity index is 1570. The van der Waals surface area contributed by atoms with E-state index in [1.54, 1.807) is 62.6 Å². The van der Waals surface area contributed by atoms with Crippen LogP contribution >= 0.6 is 0 Å². The van der Waals surface area contributed by atoms with E-state index in [-0.39, 0.29) is 23.4 Å². The summed E-state index contributed by atoms with van der Waals surface area (Å²) in [5.74, 6) is -0.266. The molecule has 0 aliphatic carbocycles. The van der Waals surface area contributed by atoms with Gasteiger partial charge in [-0.2, -0.15) is 0 Å². The lowest BCUT2D eigenvalue weighted by atomic mass is 9.97. The third-order valence-corrected chi connectivity index (χ3v) is 6.55. The van der Waals surface area contributed by atoms with Crippen LogP contribution in [0, 0.1) is 13.8 Å². The van der Waals surface area contributed by atoms with E-state index < -0.39 is 17.9 Å².